The van der Waals surface area contributed by atoms with Crippen LogP contribution in [0.1, 0.15) is 36.0 Å². The van der Waals surface area contributed by atoms with Gasteiger partial charge < -0.3 is 15.1 Å². The normalized spacial score (nSPS) is 26.2. The maximum atomic E-state index is 12.9. The zero-order valence-corrected chi connectivity index (χ0v) is 15.3. The molecule has 0 unspecified atom stereocenters. The highest BCUT2D eigenvalue weighted by Crippen LogP contribution is 2.28. The summed E-state index contributed by atoms with van der Waals surface area (Å²) in [4.78, 5) is 28.7. The monoisotopic (exact) mass is 363 g/mol. The minimum absolute atomic E-state index is 0. The second-order valence-corrected chi connectivity index (χ2v) is 7.25. The molecule has 3 aliphatic heterocycles. The summed E-state index contributed by atoms with van der Waals surface area (Å²) in [6.45, 7) is 4.64. The minimum atomic E-state index is 0. The Hall–Kier alpha value is -1.59. The van der Waals surface area contributed by atoms with Crippen molar-refractivity contribution < 1.29 is 9.59 Å². The number of hydrogen-bond acceptors (Lipinski definition) is 3. The fourth-order valence-electron chi connectivity index (χ4n) is 4.33. The Morgan fingerprint density at radius 2 is 1.80 bits per heavy atom. The van der Waals surface area contributed by atoms with E-state index in [4.69, 9.17) is 0 Å². The van der Waals surface area contributed by atoms with Gasteiger partial charge in [-0.2, -0.15) is 0 Å². The first kappa shape index (κ1) is 18.2. The van der Waals surface area contributed by atoms with Gasteiger partial charge in [0.2, 0.25) is 5.91 Å². The lowest BCUT2D eigenvalue weighted by atomic mass is 9.92. The fraction of sp³-hybridized carbons (Fsp3) is 0.579. The lowest BCUT2D eigenvalue weighted by Gasteiger charge is -2.22. The van der Waals surface area contributed by atoms with Crippen molar-refractivity contribution in [2.75, 3.05) is 37.6 Å². The lowest BCUT2D eigenvalue weighted by molar-refractivity contribution is -0.117. The summed E-state index contributed by atoms with van der Waals surface area (Å²) >= 11 is 0. The predicted octanol–water partition coefficient (Wildman–Crippen LogP) is 2.31. The molecule has 1 aromatic carbocycles. The molecule has 1 aromatic rings. The van der Waals surface area contributed by atoms with Gasteiger partial charge >= 0.3 is 0 Å². The molecule has 0 aliphatic carbocycles. The first-order chi connectivity index (χ1) is 11.7. The summed E-state index contributed by atoms with van der Waals surface area (Å²) in [6, 6.07) is 7.58. The van der Waals surface area contributed by atoms with Crippen LogP contribution in [0, 0.1) is 11.8 Å². The van der Waals surface area contributed by atoms with E-state index in [1.54, 1.807) is 4.90 Å². The van der Waals surface area contributed by atoms with Crippen LogP contribution < -0.4 is 10.2 Å². The summed E-state index contributed by atoms with van der Waals surface area (Å²) in [6.07, 6.45) is 3.70. The highest BCUT2D eigenvalue weighted by atomic mass is 35.5. The first-order valence-electron chi connectivity index (χ1n) is 9.13. The van der Waals surface area contributed by atoms with Crippen molar-refractivity contribution in [3.05, 3.63) is 29.8 Å². The highest BCUT2D eigenvalue weighted by molar-refractivity contribution is 5.99. The van der Waals surface area contributed by atoms with E-state index in [9.17, 15) is 9.59 Å². The molecule has 0 spiro atoms. The molecule has 4 rings (SSSR count). The summed E-state index contributed by atoms with van der Waals surface area (Å²) < 4.78 is 0. The van der Waals surface area contributed by atoms with Crippen LogP contribution in [-0.2, 0) is 4.79 Å². The second-order valence-electron chi connectivity index (χ2n) is 7.25. The standard InChI is InChI=1S/C19H25N3O2.ClH/c23-18-5-2-8-22(18)17-4-1-3-14(11-17)19(24)21-9-6-15-12-20-13-16(15)7-10-21;/h1,3-4,11,15-16,20H,2,5-10,12-13H2;1H/t15-,16+;. The van der Waals surface area contributed by atoms with Crippen molar-refractivity contribution in [1.82, 2.24) is 10.2 Å². The van der Waals surface area contributed by atoms with E-state index >= 15 is 0 Å². The van der Waals surface area contributed by atoms with Gasteiger partial charge in [0.25, 0.3) is 5.91 Å². The number of carbonyl (C=O) groups excluding carboxylic acids is 2. The van der Waals surface area contributed by atoms with Gasteiger partial charge in [0.05, 0.1) is 0 Å². The quantitative estimate of drug-likeness (QED) is 0.877. The average molecular weight is 364 g/mol. The minimum Gasteiger partial charge on any atom is -0.339 e. The Morgan fingerprint density at radius 1 is 1.08 bits per heavy atom. The van der Waals surface area contributed by atoms with Crippen molar-refractivity contribution in [3.8, 4) is 0 Å². The number of rotatable bonds is 2. The smallest absolute Gasteiger partial charge is 0.253 e. The van der Waals surface area contributed by atoms with Gasteiger partial charge in [0, 0.05) is 37.3 Å². The lowest BCUT2D eigenvalue weighted by Crippen LogP contribution is -2.33. The number of amides is 2. The van der Waals surface area contributed by atoms with Crippen molar-refractivity contribution in [1.29, 1.82) is 0 Å². The van der Waals surface area contributed by atoms with E-state index < -0.39 is 0 Å². The molecule has 2 atom stereocenters. The summed E-state index contributed by atoms with van der Waals surface area (Å²) in [5.41, 5.74) is 1.57. The number of nitrogens with one attached hydrogen (secondary N) is 1. The molecule has 0 aromatic heterocycles. The molecule has 25 heavy (non-hydrogen) atoms. The Bertz CT molecular complexity index is 637. The molecule has 3 heterocycles. The SMILES string of the molecule is Cl.O=C(c1cccc(N2CCCC2=O)c1)N1CC[C@@H]2CNC[C@@H]2CC1. The summed E-state index contributed by atoms with van der Waals surface area (Å²) in [5, 5.41) is 3.47. The summed E-state index contributed by atoms with van der Waals surface area (Å²) in [5.74, 6) is 1.71. The van der Waals surface area contributed by atoms with Crippen LogP contribution in [-0.4, -0.2) is 49.4 Å². The number of benzene rings is 1. The molecule has 3 fully saturated rings. The van der Waals surface area contributed by atoms with E-state index in [0.29, 0.717) is 12.0 Å². The first-order valence-corrected chi connectivity index (χ1v) is 9.13. The van der Waals surface area contributed by atoms with Crippen LogP contribution in [0.25, 0.3) is 0 Å². The van der Waals surface area contributed by atoms with Gasteiger partial charge in [-0.05, 0) is 62.4 Å². The van der Waals surface area contributed by atoms with E-state index in [1.165, 1.54) is 0 Å². The molecule has 1 N–H and O–H groups in total. The van der Waals surface area contributed by atoms with E-state index in [-0.39, 0.29) is 24.2 Å². The van der Waals surface area contributed by atoms with Crippen LogP contribution in [0.4, 0.5) is 5.69 Å². The Balaban J connectivity index is 0.00000182. The topological polar surface area (TPSA) is 52.7 Å². The number of halogens is 1. The van der Waals surface area contributed by atoms with Crippen LogP contribution in [0.5, 0.6) is 0 Å². The zero-order chi connectivity index (χ0) is 16.5. The molecule has 5 nitrogen and oxygen atoms in total. The number of fused-ring (bicyclic) bond motifs is 1. The molecular formula is C19H26ClN3O2. The van der Waals surface area contributed by atoms with E-state index in [2.05, 4.69) is 5.32 Å². The van der Waals surface area contributed by atoms with Crippen LogP contribution in [0.15, 0.2) is 24.3 Å². The molecule has 2 amide bonds. The molecule has 0 radical (unpaired) electrons. The third-order valence-electron chi connectivity index (χ3n) is 5.78. The maximum Gasteiger partial charge on any atom is 0.253 e. The maximum absolute atomic E-state index is 12.9. The molecule has 0 bridgehead atoms. The number of hydrogen-bond donors (Lipinski definition) is 1. The Kier molecular flexibility index (Phi) is 5.64. The third-order valence-corrected chi connectivity index (χ3v) is 5.78. The number of anilines is 1. The Labute approximate surface area is 155 Å². The molecule has 6 heteroatoms. The molecule has 3 saturated heterocycles. The van der Waals surface area contributed by atoms with Gasteiger partial charge in [0.15, 0.2) is 0 Å². The molecular weight excluding hydrogens is 338 g/mol. The Morgan fingerprint density at radius 3 is 2.44 bits per heavy atom. The van der Waals surface area contributed by atoms with Gasteiger partial charge in [0.1, 0.15) is 0 Å². The van der Waals surface area contributed by atoms with Gasteiger partial charge in [-0.25, -0.2) is 0 Å². The van der Waals surface area contributed by atoms with Crippen LogP contribution in [0.3, 0.4) is 0 Å². The van der Waals surface area contributed by atoms with Crippen molar-refractivity contribution in [2.45, 2.75) is 25.7 Å². The highest BCUT2D eigenvalue weighted by Gasteiger charge is 2.32. The largest absolute Gasteiger partial charge is 0.339 e. The molecule has 3 aliphatic rings. The summed E-state index contributed by atoms with van der Waals surface area (Å²) in [7, 11) is 0. The van der Waals surface area contributed by atoms with Gasteiger partial charge in [-0.1, -0.05) is 6.07 Å². The van der Waals surface area contributed by atoms with Crippen LogP contribution in [0.2, 0.25) is 0 Å². The van der Waals surface area contributed by atoms with Gasteiger partial charge in [-0.15, -0.1) is 12.4 Å². The van der Waals surface area contributed by atoms with Crippen LogP contribution >= 0.6 is 12.4 Å². The van der Waals surface area contributed by atoms with E-state index in [0.717, 1.165) is 69.5 Å². The number of carbonyl (C=O) groups is 2. The van der Waals surface area contributed by atoms with Crippen molar-refractivity contribution in [2.24, 2.45) is 11.8 Å². The third kappa shape index (κ3) is 3.67. The van der Waals surface area contributed by atoms with Crippen molar-refractivity contribution >= 4 is 29.9 Å². The second kappa shape index (κ2) is 7.75. The van der Waals surface area contributed by atoms with Crippen molar-refractivity contribution in [3.63, 3.8) is 0 Å². The molecule has 0 saturated carbocycles. The average Bonchev–Trinajstić information content (AvgIpc) is 3.19. The van der Waals surface area contributed by atoms with Gasteiger partial charge in [-0.3, -0.25) is 9.59 Å². The predicted molar refractivity (Wildman–Crippen MR) is 100 cm³/mol. The fourth-order valence-corrected chi connectivity index (χ4v) is 4.33. The number of likely N-dealkylation sites (tertiary alicyclic amines) is 1. The molecule has 136 valence electrons. The number of nitrogens with zero attached hydrogens (tertiary/aromatic N) is 2. The zero-order valence-electron chi connectivity index (χ0n) is 14.4. The van der Waals surface area contributed by atoms with E-state index in [1.807, 2.05) is 29.2 Å².